The molecule has 0 saturated carbocycles. The summed E-state index contributed by atoms with van der Waals surface area (Å²) in [6, 6.07) is 40.5. The van der Waals surface area contributed by atoms with Crippen LogP contribution in [0.3, 0.4) is 0 Å². The van der Waals surface area contributed by atoms with Crippen LogP contribution in [0.5, 0.6) is 0 Å². The van der Waals surface area contributed by atoms with Gasteiger partial charge < -0.3 is 37.9 Å². The normalized spacial score (nSPS) is 29.6. The summed E-state index contributed by atoms with van der Waals surface area (Å²) in [5.41, 5.74) is 4.18. The second-order valence-electron chi connectivity index (χ2n) is 14.1. The smallest absolute Gasteiger partial charge is 0.186 e. The van der Waals surface area contributed by atoms with Crippen molar-refractivity contribution in [1.29, 1.82) is 0 Å². The molecule has 2 aliphatic heterocycles. The molecule has 0 unspecified atom stereocenters. The molecule has 4 aromatic carbocycles. The maximum Gasteiger partial charge on any atom is 0.186 e. The van der Waals surface area contributed by atoms with Crippen LogP contribution in [0.2, 0.25) is 0 Å². The highest BCUT2D eigenvalue weighted by atomic mass is 16.7. The summed E-state index contributed by atoms with van der Waals surface area (Å²) in [7, 11) is 1.63. The van der Waals surface area contributed by atoms with E-state index in [2.05, 4.69) is 45.0 Å². The third-order valence-electron chi connectivity index (χ3n) is 10.4. The molecular weight excluding hydrogens is 656 g/mol. The van der Waals surface area contributed by atoms with Gasteiger partial charge in [-0.15, -0.1) is 0 Å². The highest BCUT2D eigenvalue weighted by molar-refractivity contribution is 5.16. The van der Waals surface area contributed by atoms with Crippen LogP contribution in [0.15, 0.2) is 121 Å². The fourth-order valence-electron chi connectivity index (χ4n) is 6.96. The molecule has 2 saturated heterocycles. The fourth-order valence-corrected chi connectivity index (χ4v) is 6.96. The van der Waals surface area contributed by atoms with E-state index < -0.39 is 37.0 Å². The van der Waals surface area contributed by atoms with Gasteiger partial charge in [-0.05, 0) is 40.0 Å². The van der Waals surface area contributed by atoms with Gasteiger partial charge in [0.25, 0.3) is 0 Å². The minimum Gasteiger partial charge on any atom is -0.368 e. The quantitative estimate of drug-likeness (QED) is 0.123. The van der Waals surface area contributed by atoms with Crippen LogP contribution in [0, 0.1) is 17.8 Å². The lowest BCUT2D eigenvalue weighted by Gasteiger charge is -2.38. The molecule has 2 fully saturated rings. The molecular formula is C44H54O8. The summed E-state index contributed by atoms with van der Waals surface area (Å²) >= 11 is 0. The van der Waals surface area contributed by atoms with Gasteiger partial charge in [-0.2, -0.15) is 0 Å². The molecule has 278 valence electrons. The van der Waals surface area contributed by atoms with E-state index in [9.17, 15) is 0 Å². The minimum absolute atomic E-state index is 0.153. The third-order valence-corrected chi connectivity index (χ3v) is 10.4. The summed E-state index contributed by atoms with van der Waals surface area (Å²) < 4.78 is 53.3. The maximum absolute atomic E-state index is 7.06. The minimum atomic E-state index is -0.750. The summed E-state index contributed by atoms with van der Waals surface area (Å²) in [6.07, 6.45) is -4.31. The van der Waals surface area contributed by atoms with E-state index in [-0.39, 0.29) is 18.6 Å². The first-order chi connectivity index (χ1) is 25.5. The van der Waals surface area contributed by atoms with Crippen LogP contribution in [-0.4, -0.2) is 63.4 Å². The van der Waals surface area contributed by atoms with Crippen molar-refractivity contribution in [2.45, 2.75) is 90.3 Å². The second-order valence-corrected chi connectivity index (χ2v) is 14.1. The first kappa shape index (κ1) is 38.3. The SMILES string of the molecule is CO[C@H]1OC[C@@H](O[C@H]2OC[C@@H](C)[C@@H](C)[C@H](C)[C@@H]2OCc2ccccc2)[C@@H](OCc2ccccc2)[C@H](OCc2ccccc2)[C@@H]1OCc1ccccc1. The molecule has 10 atom stereocenters. The summed E-state index contributed by atoms with van der Waals surface area (Å²) in [4.78, 5) is 0. The Hall–Kier alpha value is -3.44. The van der Waals surface area contributed by atoms with Crippen molar-refractivity contribution in [3.05, 3.63) is 144 Å². The average Bonchev–Trinajstić information content (AvgIpc) is 3.39. The number of methoxy groups -OCH3 is 1. The Morgan fingerprint density at radius 3 is 1.33 bits per heavy atom. The van der Waals surface area contributed by atoms with E-state index in [0.29, 0.717) is 44.9 Å². The van der Waals surface area contributed by atoms with E-state index >= 15 is 0 Å². The molecule has 0 bridgehead atoms. The number of rotatable bonds is 15. The van der Waals surface area contributed by atoms with Crippen molar-refractivity contribution in [2.75, 3.05) is 20.3 Å². The summed E-state index contributed by atoms with van der Waals surface area (Å²) in [6.45, 7) is 8.89. The Bertz CT molecular complexity index is 1560. The monoisotopic (exact) mass is 710 g/mol. The van der Waals surface area contributed by atoms with Gasteiger partial charge >= 0.3 is 0 Å². The van der Waals surface area contributed by atoms with Crippen molar-refractivity contribution in [3.8, 4) is 0 Å². The van der Waals surface area contributed by atoms with Crippen LogP contribution < -0.4 is 0 Å². The third kappa shape index (κ3) is 10.4. The zero-order valence-electron chi connectivity index (χ0n) is 30.8. The lowest BCUT2D eigenvalue weighted by Crippen LogP contribution is -2.53. The maximum atomic E-state index is 7.06. The zero-order chi connectivity index (χ0) is 36.1. The molecule has 52 heavy (non-hydrogen) atoms. The molecule has 0 spiro atoms. The van der Waals surface area contributed by atoms with E-state index in [1.165, 1.54) is 0 Å². The summed E-state index contributed by atoms with van der Waals surface area (Å²) in [5.74, 6) is 0.818. The van der Waals surface area contributed by atoms with E-state index in [1.807, 2.05) is 97.1 Å². The van der Waals surface area contributed by atoms with Gasteiger partial charge in [-0.3, -0.25) is 0 Å². The number of hydrogen-bond acceptors (Lipinski definition) is 8. The Kier molecular flexibility index (Phi) is 14.4. The fraction of sp³-hybridized carbons (Fsp3) is 0.455. The Labute approximate surface area is 309 Å². The van der Waals surface area contributed by atoms with Gasteiger partial charge in [0.05, 0.1) is 39.6 Å². The number of hydrogen-bond donors (Lipinski definition) is 0. The van der Waals surface area contributed by atoms with Crippen LogP contribution >= 0.6 is 0 Å². The standard InChI is InChI=1S/C44H54O8/c1-31-25-50-44(39(33(3)32(31)2)46-26-34-17-9-5-10-18-34)52-38-30-51-43(45-4)42(49-29-37-23-15-8-16-24-37)41(48-28-36-21-13-7-14-22-36)40(38)47-27-35-19-11-6-12-20-35/h5-24,31-33,38-44H,25-30H2,1-4H3/t31-,32-,33+,38-,39+,40-,41+,42+,43+,44-/m1/s1. The molecule has 4 aromatic rings. The number of ether oxygens (including phenoxy) is 8. The van der Waals surface area contributed by atoms with Crippen molar-refractivity contribution >= 4 is 0 Å². The molecule has 0 radical (unpaired) electrons. The average molecular weight is 711 g/mol. The van der Waals surface area contributed by atoms with Gasteiger partial charge in [0.2, 0.25) is 0 Å². The molecule has 8 nitrogen and oxygen atoms in total. The topological polar surface area (TPSA) is 73.8 Å². The number of benzene rings is 4. The summed E-state index contributed by atoms with van der Waals surface area (Å²) in [5, 5.41) is 0. The predicted octanol–water partition coefficient (Wildman–Crippen LogP) is 7.98. The van der Waals surface area contributed by atoms with Crippen LogP contribution in [0.1, 0.15) is 43.0 Å². The Morgan fingerprint density at radius 1 is 0.462 bits per heavy atom. The van der Waals surface area contributed by atoms with Gasteiger partial charge in [0, 0.05) is 7.11 Å². The van der Waals surface area contributed by atoms with Crippen molar-refractivity contribution in [2.24, 2.45) is 17.8 Å². The zero-order valence-corrected chi connectivity index (χ0v) is 30.8. The largest absolute Gasteiger partial charge is 0.368 e. The van der Waals surface area contributed by atoms with Gasteiger partial charge in [0.1, 0.15) is 30.5 Å². The molecule has 0 amide bonds. The molecule has 0 aromatic heterocycles. The molecule has 0 N–H and O–H groups in total. The van der Waals surface area contributed by atoms with E-state index in [1.54, 1.807) is 7.11 Å². The first-order valence-corrected chi connectivity index (χ1v) is 18.5. The van der Waals surface area contributed by atoms with Crippen LogP contribution in [0.4, 0.5) is 0 Å². The van der Waals surface area contributed by atoms with Crippen LogP contribution in [-0.2, 0) is 64.3 Å². The van der Waals surface area contributed by atoms with E-state index in [0.717, 1.165) is 22.3 Å². The Morgan fingerprint density at radius 2 is 0.865 bits per heavy atom. The molecule has 2 heterocycles. The molecule has 8 heteroatoms. The van der Waals surface area contributed by atoms with Crippen LogP contribution in [0.25, 0.3) is 0 Å². The van der Waals surface area contributed by atoms with Gasteiger partial charge in [0.15, 0.2) is 12.6 Å². The predicted molar refractivity (Wildman–Crippen MR) is 199 cm³/mol. The molecule has 6 rings (SSSR count). The molecule has 0 aliphatic carbocycles. The second kappa shape index (κ2) is 19.6. The van der Waals surface area contributed by atoms with Crippen molar-refractivity contribution in [1.82, 2.24) is 0 Å². The Balaban J connectivity index is 1.33. The highest BCUT2D eigenvalue weighted by Crippen LogP contribution is 2.35. The highest BCUT2D eigenvalue weighted by Gasteiger charge is 2.48. The lowest BCUT2D eigenvalue weighted by molar-refractivity contribution is -0.265. The lowest BCUT2D eigenvalue weighted by atomic mass is 9.83. The van der Waals surface area contributed by atoms with Crippen molar-refractivity contribution < 1.29 is 37.9 Å². The van der Waals surface area contributed by atoms with Gasteiger partial charge in [-0.25, -0.2) is 0 Å². The molecule has 2 aliphatic rings. The van der Waals surface area contributed by atoms with E-state index in [4.69, 9.17) is 37.9 Å². The van der Waals surface area contributed by atoms with Gasteiger partial charge in [-0.1, -0.05) is 142 Å². The first-order valence-electron chi connectivity index (χ1n) is 18.5. The van der Waals surface area contributed by atoms with Crippen molar-refractivity contribution in [3.63, 3.8) is 0 Å².